The summed E-state index contributed by atoms with van der Waals surface area (Å²) in [5, 5.41) is 24.7. The van der Waals surface area contributed by atoms with Crippen molar-refractivity contribution in [3.8, 4) is 22.6 Å². The van der Waals surface area contributed by atoms with Crippen LogP contribution in [-0.2, 0) is 0 Å². The Kier molecular flexibility index (Phi) is 4.58. The summed E-state index contributed by atoms with van der Waals surface area (Å²) in [5.41, 5.74) is 3.18. The van der Waals surface area contributed by atoms with Crippen LogP contribution in [0.25, 0.3) is 28.3 Å². The number of aromatic nitrogens is 6. The van der Waals surface area contributed by atoms with E-state index >= 15 is 0 Å². The first-order chi connectivity index (χ1) is 15.0. The Bertz CT molecular complexity index is 1240. The fourth-order valence-corrected chi connectivity index (χ4v) is 3.75. The molecule has 4 heterocycles. The van der Waals surface area contributed by atoms with E-state index in [2.05, 4.69) is 39.7 Å². The standard InChI is InChI=1S/C21H24N8O2/c1-11(2)28-7-6-12-13(9-23-19(12)27-28)16-8-18(22-3)29-20(25-16)14(10-24-29)21(31)26-15-4-5-17(15)30/h6-11,15,17,22,30H,4-5H2,1-3H3,(H,26,31)/t15-,17+/m0/s1. The van der Waals surface area contributed by atoms with Gasteiger partial charge in [-0.1, -0.05) is 0 Å². The number of fused-ring (bicyclic) bond motifs is 2. The number of aliphatic hydroxyl groups excluding tert-OH is 1. The number of nitrogens with one attached hydrogen (secondary N) is 2. The molecule has 0 aromatic carbocycles. The summed E-state index contributed by atoms with van der Waals surface area (Å²) in [7, 11) is 1.79. The highest BCUT2D eigenvalue weighted by Gasteiger charge is 2.31. The molecule has 10 nitrogen and oxygen atoms in total. The van der Waals surface area contributed by atoms with Crippen LogP contribution in [0.4, 0.5) is 5.82 Å². The molecule has 3 N–H and O–H groups in total. The van der Waals surface area contributed by atoms with E-state index in [4.69, 9.17) is 4.98 Å². The summed E-state index contributed by atoms with van der Waals surface area (Å²) in [6.07, 6.45) is 6.15. The molecule has 2 aromatic rings. The molecule has 1 amide bonds. The molecule has 160 valence electrons. The lowest BCUT2D eigenvalue weighted by molar-refractivity contribution is 0.0448. The van der Waals surface area contributed by atoms with Gasteiger partial charge in [-0.2, -0.15) is 14.7 Å². The molecule has 0 spiro atoms. The summed E-state index contributed by atoms with van der Waals surface area (Å²) < 4.78 is 3.46. The Hall–Kier alpha value is -3.53. The maximum Gasteiger partial charge on any atom is 0.257 e. The Morgan fingerprint density at radius 1 is 1.26 bits per heavy atom. The van der Waals surface area contributed by atoms with E-state index in [9.17, 15) is 9.90 Å². The molecule has 1 aliphatic carbocycles. The summed E-state index contributed by atoms with van der Waals surface area (Å²) in [6, 6.07) is 3.86. The SMILES string of the molecule is CNc1cc(-c2cnc3nn(C(C)C)ccc2-3)nc2c(C(=O)N[C@H]3CC[C@H]3O)cnn12. The van der Waals surface area contributed by atoms with E-state index in [1.165, 1.54) is 6.20 Å². The Balaban J connectivity index is 1.58. The van der Waals surface area contributed by atoms with Gasteiger partial charge in [-0.05, 0) is 32.8 Å². The second-order valence-electron chi connectivity index (χ2n) is 8.09. The second kappa shape index (κ2) is 7.31. The average molecular weight is 420 g/mol. The van der Waals surface area contributed by atoms with Crippen molar-refractivity contribution in [3.05, 3.63) is 36.3 Å². The van der Waals surface area contributed by atoms with E-state index < -0.39 is 6.10 Å². The Morgan fingerprint density at radius 2 is 2.10 bits per heavy atom. The Labute approximate surface area is 178 Å². The fraction of sp³-hybridized carbons (Fsp3) is 0.381. The molecule has 0 saturated heterocycles. The minimum absolute atomic E-state index is 0.226. The minimum Gasteiger partial charge on any atom is -0.391 e. The molecule has 0 unspecified atom stereocenters. The lowest BCUT2D eigenvalue weighted by Crippen LogP contribution is -2.50. The van der Waals surface area contributed by atoms with Crippen molar-refractivity contribution < 1.29 is 9.90 Å². The predicted octanol–water partition coefficient (Wildman–Crippen LogP) is 1.97. The van der Waals surface area contributed by atoms with Crippen LogP contribution in [0.5, 0.6) is 0 Å². The highest BCUT2D eigenvalue weighted by atomic mass is 16.3. The van der Waals surface area contributed by atoms with Crippen LogP contribution in [0.1, 0.15) is 43.1 Å². The lowest BCUT2D eigenvalue weighted by Gasteiger charge is -2.32. The van der Waals surface area contributed by atoms with Gasteiger partial charge in [0.25, 0.3) is 5.91 Å². The number of rotatable bonds is 5. The maximum atomic E-state index is 12.8. The quantitative estimate of drug-likeness (QED) is 0.451. The van der Waals surface area contributed by atoms with E-state index in [-0.39, 0.29) is 18.0 Å². The van der Waals surface area contributed by atoms with Crippen molar-refractivity contribution in [3.63, 3.8) is 0 Å². The van der Waals surface area contributed by atoms with Crippen LogP contribution in [0.2, 0.25) is 0 Å². The highest BCUT2D eigenvalue weighted by molar-refractivity contribution is 6.00. The molecular weight excluding hydrogens is 396 g/mol. The van der Waals surface area contributed by atoms with Gasteiger partial charge in [-0.3, -0.25) is 9.48 Å². The number of hydrogen-bond donors (Lipinski definition) is 3. The molecule has 2 aliphatic heterocycles. The zero-order valence-electron chi connectivity index (χ0n) is 17.6. The van der Waals surface area contributed by atoms with Crippen LogP contribution in [-0.4, -0.2) is 59.6 Å². The van der Waals surface area contributed by atoms with Crippen molar-refractivity contribution in [2.75, 3.05) is 12.4 Å². The van der Waals surface area contributed by atoms with Crippen molar-refractivity contribution in [2.45, 2.75) is 44.9 Å². The average Bonchev–Trinajstić information content (AvgIpc) is 3.39. The normalized spacial score (nSPS) is 18.5. The minimum atomic E-state index is -0.495. The van der Waals surface area contributed by atoms with Crippen LogP contribution in [0, 0.1) is 0 Å². The van der Waals surface area contributed by atoms with Crippen molar-refractivity contribution >= 4 is 17.4 Å². The first-order valence-electron chi connectivity index (χ1n) is 10.4. The van der Waals surface area contributed by atoms with E-state index in [0.29, 0.717) is 35.0 Å². The number of aliphatic hydroxyl groups is 1. The molecule has 2 aromatic heterocycles. The van der Waals surface area contributed by atoms with Gasteiger partial charge in [-0.15, -0.1) is 0 Å². The van der Waals surface area contributed by atoms with Gasteiger partial charge in [0.15, 0.2) is 11.5 Å². The fourth-order valence-electron chi connectivity index (χ4n) is 3.75. The van der Waals surface area contributed by atoms with Crippen molar-refractivity contribution in [1.29, 1.82) is 0 Å². The smallest absolute Gasteiger partial charge is 0.257 e. The third-order valence-corrected chi connectivity index (χ3v) is 5.78. The van der Waals surface area contributed by atoms with Crippen LogP contribution in [0.15, 0.2) is 30.7 Å². The van der Waals surface area contributed by atoms with Crippen LogP contribution >= 0.6 is 0 Å². The summed E-state index contributed by atoms with van der Waals surface area (Å²) in [6.45, 7) is 4.12. The van der Waals surface area contributed by atoms with E-state index in [0.717, 1.165) is 17.5 Å². The molecule has 2 atom stereocenters. The second-order valence-corrected chi connectivity index (χ2v) is 8.09. The van der Waals surface area contributed by atoms with Gasteiger partial charge in [0, 0.05) is 42.7 Å². The van der Waals surface area contributed by atoms with Gasteiger partial charge in [0.2, 0.25) is 0 Å². The monoisotopic (exact) mass is 420 g/mol. The first kappa shape index (κ1) is 19.4. The van der Waals surface area contributed by atoms with E-state index in [1.54, 1.807) is 17.8 Å². The predicted molar refractivity (Wildman–Crippen MR) is 115 cm³/mol. The van der Waals surface area contributed by atoms with Gasteiger partial charge in [0.05, 0.1) is 24.0 Å². The summed E-state index contributed by atoms with van der Waals surface area (Å²) in [5.74, 6) is 1.04. The lowest BCUT2D eigenvalue weighted by atomic mass is 9.89. The van der Waals surface area contributed by atoms with E-state index in [1.807, 2.05) is 23.0 Å². The molecule has 31 heavy (non-hydrogen) atoms. The number of hydrogen-bond acceptors (Lipinski definition) is 7. The number of carbonyl (C=O) groups excluding carboxylic acids is 1. The first-order valence-corrected chi connectivity index (χ1v) is 10.4. The third-order valence-electron chi connectivity index (χ3n) is 5.78. The molecule has 10 heteroatoms. The molecule has 5 rings (SSSR count). The number of nitrogens with zero attached hydrogens (tertiary/aromatic N) is 6. The maximum absolute atomic E-state index is 12.8. The zero-order chi connectivity index (χ0) is 21.7. The topological polar surface area (TPSA) is 122 Å². The van der Waals surface area contributed by atoms with Gasteiger partial charge in [0.1, 0.15) is 11.4 Å². The molecule has 1 saturated carbocycles. The van der Waals surface area contributed by atoms with Gasteiger partial charge in [-0.25, -0.2) is 9.97 Å². The number of anilines is 1. The Morgan fingerprint density at radius 3 is 2.77 bits per heavy atom. The molecule has 1 fully saturated rings. The number of amides is 1. The molecule has 3 aliphatic rings. The van der Waals surface area contributed by atoms with Gasteiger partial charge < -0.3 is 15.7 Å². The molecular formula is C21H24N8O2. The van der Waals surface area contributed by atoms with Crippen LogP contribution < -0.4 is 10.6 Å². The largest absolute Gasteiger partial charge is 0.391 e. The number of carbonyl (C=O) groups is 1. The summed E-state index contributed by atoms with van der Waals surface area (Å²) >= 11 is 0. The molecule has 0 bridgehead atoms. The highest BCUT2D eigenvalue weighted by Crippen LogP contribution is 2.33. The van der Waals surface area contributed by atoms with Gasteiger partial charge >= 0.3 is 0 Å². The van der Waals surface area contributed by atoms with Crippen molar-refractivity contribution in [1.82, 2.24) is 34.7 Å². The zero-order valence-corrected chi connectivity index (χ0v) is 17.6. The van der Waals surface area contributed by atoms with Crippen molar-refractivity contribution in [2.24, 2.45) is 0 Å². The molecule has 0 radical (unpaired) electrons. The van der Waals surface area contributed by atoms with Crippen LogP contribution in [0.3, 0.4) is 0 Å². The summed E-state index contributed by atoms with van der Waals surface area (Å²) in [4.78, 5) is 22.0. The third kappa shape index (κ3) is 3.19.